The second kappa shape index (κ2) is 5.41. The van der Waals surface area contributed by atoms with E-state index in [0.29, 0.717) is 17.7 Å². The van der Waals surface area contributed by atoms with Gasteiger partial charge in [-0.2, -0.15) is 0 Å². The molecule has 0 radical (unpaired) electrons. The van der Waals surface area contributed by atoms with E-state index in [2.05, 4.69) is 15.9 Å². The van der Waals surface area contributed by atoms with Crippen molar-refractivity contribution >= 4 is 21.7 Å². The van der Waals surface area contributed by atoms with E-state index in [1.165, 1.54) is 0 Å². The molecule has 1 heterocycles. The fourth-order valence-corrected chi connectivity index (χ4v) is 2.95. The quantitative estimate of drug-likeness (QED) is 0.767. The molecular formula is C17H15BrO2. The molecule has 0 atom stereocenters. The van der Waals surface area contributed by atoms with Crippen LogP contribution in [0.2, 0.25) is 0 Å². The first kappa shape index (κ1) is 13.4. The van der Waals surface area contributed by atoms with Gasteiger partial charge in [-0.25, -0.2) is 0 Å². The van der Waals surface area contributed by atoms with Crippen molar-refractivity contribution in [3.05, 3.63) is 63.1 Å². The largest absolute Gasteiger partial charge is 0.493 e. The van der Waals surface area contributed by atoms with Gasteiger partial charge in [0.15, 0.2) is 5.78 Å². The number of hydrogen-bond donors (Lipinski definition) is 0. The van der Waals surface area contributed by atoms with Crippen LogP contribution in [-0.2, 0) is 6.42 Å². The number of carbonyl (C=O) groups excluding carboxylic acids is 1. The number of aryl methyl sites for hydroxylation is 2. The molecule has 0 spiro atoms. The predicted molar refractivity (Wildman–Crippen MR) is 82.6 cm³/mol. The number of ether oxygens (including phenoxy) is 1. The smallest absolute Gasteiger partial charge is 0.197 e. The molecule has 0 N–H and O–H groups in total. The normalized spacial score (nSPS) is 13.5. The lowest BCUT2D eigenvalue weighted by atomic mass is 9.96. The van der Waals surface area contributed by atoms with Gasteiger partial charge < -0.3 is 4.74 Å². The minimum atomic E-state index is 0.0133. The van der Waals surface area contributed by atoms with Crippen LogP contribution in [0.4, 0.5) is 0 Å². The third-order valence-electron chi connectivity index (χ3n) is 3.54. The van der Waals surface area contributed by atoms with E-state index >= 15 is 0 Å². The first-order valence-corrected chi connectivity index (χ1v) is 7.51. The summed E-state index contributed by atoms with van der Waals surface area (Å²) in [5.41, 5.74) is 3.55. The Labute approximate surface area is 126 Å². The number of hydrogen-bond acceptors (Lipinski definition) is 2. The Balaban J connectivity index is 2.09. The van der Waals surface area contributed by atoms with Crippen molar-refractivity contribution < 1.29 is 9.53 Å². The van der Waals surface area contributed by atoms with Gasteiger partial charge in [-0.1, -0.05) is 39.7 Å². The van der Waals surface area contributed by atoms with Gasteiger partial charge in [0.2, 0.25) is 0 Å². The number of fused-ring (bicyclic) bond motifs is 1. The van der Waals surface area contributed by atoms with Crippen LogP contribution < -0.4 is 4.74 Å². The number of benzene rings is 2. The van der Waals surface area contributed by atoms with Crippen LogP contribution in [0.3, 0.4) is 0 Å². The van der Waals surface area contributed by atoms with Gasteiger partial charge >= 0.3 is 0 Å². The topological polar surface area (TPSA) is 26.3 Å². The van der Waals surface area contributed by atoms with Crippen LogP contribution >= 0.6 is 15.9 Å². The molecule has 102 valence electrons. The van der Waals surface area contributed by atoms with Gasteiger partial charge in [0.05, 0.1) is 12.2 Å². The molecule has 3 rings (SSSR count). The van der Waals surface area contributed by atoms with Crippen LogP contribution in [0, 0.1) is 6.92 Å². The Morgan fingerprint density at radius 2 is 2.05 bits per heavy atom. The lowest BCUT2D eigenvalue weighted by Crippen LogP contribution is -2.13. The molecule has 2 aromatic carbocycles. The molecule has 0 aliphatic carbocycles. The summed E-state index contributed by atoms with van der Waals surface area (Å²) in [5.74, 6) is 0.775. The minimum Gasteiger partial charge on any atom is -0.493 e. The Kier molecular flexibility index (Phi) is 3.62. The summed E-state index contributed by atoms with van der Waals surface area (Å²) < 4.78 is 6.55. The third kappa shape index (κ3) is 2.38. The van der Waals surface area contributed by atoms with Crippen molar-refractivity contribution in [3.63, 3.8) is 0 Å². The van der Waals surface area contributed by atoms with Crippen molar-refractivity contribution in [1.82, 2.24) is 0 Å². The second-order valence-corrected chi connectivity index (χ2v) is 5.91. The summed E-state index contributed by atoms with van der Waals surface area (Å²) in [6.07, 6.45) is 1.99. The molecule has 2 nitrogen and oxygen atoms in total. The van der Waals surface area contributed by atoms with Crippen LogP contribution in [0.25, 0.3) is 0 Å². The maximum absolute atomic E-state index is 12.8. The number of ketones is 1. The highest BCUT2D eigenvalue weighted by atomic mass is 79.9. The number of halogens is 1. The third-order valence-corrected chi connectivity index (χ3v) is 4.24. The standard InChI is InChI=1S/C17H15BrO2/c1-11-7-8-15(18)14(10-11)16(19)13-6-2-4-12-5-3-9-20-17(12)13/h2,4,6-8,10H,3,5,9H2,1H3. The lowest BCUT2D eigenvalue weighted by Gasteiger charge is -2.20. The number of para-hydroxylation sites is 1. The van der Waals surface area contributed by atoms with Crippen molar-refractivity contribution in [3.8, 4) is 5.75 Å². The summed E-state index contributed by atoms with van der Waals surface area (Å²) in [6.45, 7) is 2.67. The highest BCUT2D eigenvalue weighted by Crippen LogP contribution is 2.32. The zero-order valence-electron chi connectivity index (χ0n) is 11.3. The van der Waals surface area contributed by atoms with Gasteiger partial charge in [-0.05, 0) is 43.5 Å². The average molecular weight is 331 g/mol. The van der Waals surface area contributed by atoms with Crippen molar-refractivity contribution in [1.29, 1.82) is 0 Å². The SMILES string of the molecule is Cc1ccc(Br)c(C(=O)c2cccc3c2OCCC3)c1. The number of rotatable bonds is 2. The lowest BCUT2D eigenvalue weighted by molar-refractivity contribution is 0.103. The molecule has 0 saturated heterocycles. The first-order valence-electron chi connectivity index (χ1n) is 6.72. The fourth-order valence-electron chi connectivity index (χ4n) is 2.53. The van der Waals surface area contributed by atoms with Crippen molar-refractivity contribution in [2.75, 3.05) is 6.61 Å². The monoisotopic (exact) mass is 330 g/mol. The Morgan fingerprint density at radius 1 is 1.20 bits per heavy atom. The summed E-state index contributed by atoms with van der Waals surface area (Å²) >= 11 is 3.46. The fraction of sp³-hybridized carbons (Fsp3) is 0.235. The summed E-state index contributed by atoms with van der Waals surface area (Å²) in [4.78, 5) is 12.8. The molecule has 0 saturated carbocycles. The Morgan fingerprint density at radius 3 is 2.90 bits per heavy atom. The van der Waals surface area contributed by atoms with E-state index in [9.17, 15) is 4.79 Å². The molecule has 0 fully saturated rings. The average Bonchev–Trinajstić information content (AvgIpc) is 2.48. The maximum atomic E-state index is 12.8. The Bertz CT molecular complexity index is 677. The molecule has 0 unspecified atom stereocenters. The van der Waals surface area contributed by atoms with Crippen molar-refractivity contribution in [2.24, 2.45) is 0 Å². The first-order chi connectivity index (χ1) is 9.66. The van der Waals surface area contributed by atoms with Gasteiger partial charge in [0, 0.05) is 10.0 Å². The predicted octanol–water partition coefficient (Wildman–Crippen LogP) is 4.31. The molecule has 2 aromatic rings. The highest BCUT2D eigenvalue weighted by Gasteiger charge is 2.21. The van der Waals surface area contributed by atoms with Crippen LogP contribution in [0.15, 0.2) is 40.9 Å². The zero-order chi connectivity index (χ0) is 14.1. The van der Waals surface area contributed by atoms with Crippen LogP contribution in [-0.4, -0.2) is 12.4 Å². The van der Waals surface area contributed by atoms with E-state index in [4.69, 9.17) is 4.74 Å². The molecule has 1 aliphatic heterocycles. The molecule has 0 amide bonds. The van der Waals surface area contributed by atoms with E-state index in [0.717, 1.165) is 34.2 Å². The van der Waals surface area contributed by atoms with Gasteiger partial charge in [-0.3, -0.25) is 4.79 Å². The molecule has 1 aliphatic rings. The summed E-state index contributed by atoms with van der Waals surface area (Å²) in [6, 6.07) is 11.6. The molecule has 3 heteroatoms. The highest BCUT2D eigenvalue weighted by molar-refractivity contribution is 9.10. The number of carbonyl (C=O) groups is 1. The Hall–Kier alpha value is -1.61. The van der Waals surface area contributed by atoms with Gasteiger partial charge in [-0.15, -0.1) is 0 Å². The molecule has 20 heavy (non-hydrogen) atoms. The van der Waals surface area contributed by atoms with Gasteiger partial charge in [0.1, 0.15) is 5.75 Å². The van der Waals surface area contributed by atoms with E-state index in [1.54, 1.807) is 0 Å². The van der Waals surface area contributed by atoms with E-state index < -0.39 is 0 Å². The van der Waals surface area contributed by atoms with E-state index in [-0.39, 0.29) is 5.78 Å². The second-order valence-electron chi connectivity index (χ2n) is 5.06. The maximum Gasteiger partial charge on any atom is 0.197 e. The van der Waals surface area contributed by atoms with Crippen LogP contribution in [0.5, 0.6) is 5.75 Å². The molecular weight excluding hydrogens is 316 g/mol. The summed E-state index contributed by atoms with van der Waals surface area (Å²) in [7, 11) is 0. The van der Waals surface area contributed by atoms with Crippen LogP contribution in [0.1, 0.15) is 33.5 Å². The molecule has 0 bridgehead atoms. The molecule has 0 aromatic heterocycles. The zero-order valence-corrected chi connectivity index (χ0v) is 12.9. The summed E-state index contributed by atoms with van der Waals surface area (Å²) in [5, 5.41) is 0. The minimum absolute atomic E-state index is 0.0133. The van der Waals surface area contributed by atoms with Crippen molar-refractivity contribution in [2.45, 2.75) is 19.8 Å². The van der Waals surface area contributed by atoms with Gasteiger partial charge in [0.25, 0.3) is 0 Å². The van der Waals surface area contributed by atoms with E-state index in [1.807, 2.05) is 43.3 Å².